The summed E-state index contributed by atoms with van der Waals surface area (Å²) in [5, 5.41) is 1.12. The Morgan fingerprint density at radius 2 is 2.09 bits per heavy atom. The zero-order valence-corrected chi connectivity index (χ0v) is 14.9. The molecule has 0 bridgehead atoms. The molecule has 1 atom stereocenters. The van der Waals surface area contributed by atoms with E-state index in [0.29, 0.717) is 24.0 Å². The molecule has 1 amide bonds. The molecule has 1 aliphatic rings. The molecule has 0 spiro atoms. The molecule has 0 unspecified atom stereocenters. The van der Waals surface area contributed by atoms with Crippen LogP contribution in [-0.2, 0) is 6.42 Å². The van der Waals surface area contributed by atoms with Crippen molar-refractivity contribution in [1.29, 1.82) is 0 Å². The molecular weight excluding hydrogens is 308 g/mol. The number of fused-ring (bicyclic) bond motifs is 1. The molecule has 0 N–H and O–H groups in total. The van der Waals surface area contributed by atoms with Crippen molar-refractivity contribution in [2.45, 2.75) is 46.0 Å². The molecule has 0 saturated heterocycles. The van der Waals surface area contributed by atoms with E-state index in [9.17, 15) is 4.79 Å². The second-order valence-electron chi connectivity index (χ2n) is 6.26. The number of aromatic nitrogens is 3. The van der Waals surface area contributed by atoms with Crippen LogP contribution in [-0.4, -0.2) is 39.4 Å². The topological polar surface area (TPSA) is 59.0 Å². The average Bonchev–Trinajstić information content (AvgIpc) is 2.86. The summed E-state index contributed by atoms with van der Waals surface area (Å²) in [6.07, 6.45) is 3.39. The molecule has 122 valence electrons. The maximum atomic E-state index is 12.7. The van der Waals surface area contributed by atoms with Crippen LogP contribution in [0.15, 0.2) is 6.07 Å². The zero-order chi connectivity index (χ0) is 16.6. The van der Waals surface area contributed by atoms with Gasteiger partial charge in [-0.05, 0) is 46.1 Å². The van der Waals surface area contributed by atoms with E-state index in [0.717, 1.165) is 23.5 Å². The summed E-state index contributed by atoms with van der Waals surface area (Å²) in [7, 11) is 1.85. The van der Waals surface area contributed by atoms with E-state index in [1.165, 1.54) is 17.0 Å². The summed E-state index contributed by atoms with van der Waals surface area (Å²) < 4.78 is 0. The lowest BCUT2D eigenvalue weighted by Gasteiger charge is -2.26. The third kappa shape index (κ3) is 3.42. The first-order valence-corrected chi connectivity index (χ1v) is 8.79. The lowest BCUT2D eigenvalue weighted by Crippen LogP contribution is -2.33. The molecule has 0 aromatic carbocycles. The predicted molar refractivity (Wildman–Crippen MR) is 91.0 cm³/mol. The van der Waals surface area contributed by atoms with Crippen molar-refractivity contribution in [3.05, 3.63) is 38.9 Å². The van der Waals surface area contributed by atoms with Gasteiger partial charge in [0.25, 0.3) is 5.91 Å². The summed E-state index contributed by atoms with van der Waals surface area (Å²) in [5.74, 6) is 0.927. The molecule has 2 heterocycles. The van der Waals surface area contributed by atoms with Crippen molar-refractivity contribution in [3.8, 4) is 0 Å². The zero-order valence-electron chi connectivity index (χ0n) is 14.1. The third-order valence-corrected chi connectivity index (χ3v) is 5.25. The number of rotatable bonds is 3. The smallest absolute Gasteiger partial charge is 0.272 e. The number of likely N-dealkylation sites (N-methyl/N-ethyl adjacent to an activating group) is 1. The maximum Gasteiger partial charge on any atom is 0.272 e. The fourth-order valence-corrected chi connectivity index (χ4v) is 4.31. The van der Waals surface area contributed by atoms with Gasteiger partial charge in [-0.25, -0.2) is 15.0 Å². The van der Waals surface area contributed by atoms with Crippen LogP contribution < -0.4 is 0 Å². The van der Waals surface area contributed by atoms with Crippen molar-refractivity contribution < 1.29 is 4.79 Å². The Kier molecular flexibility index (Phi) is 4.43. The van der Waals surface area contributed by atoms with E-state index < -0.39 is 0 Å². The highest BCUT2D eigenvalue weighted by atomic mass is 32.1. The quantitative estimate of drug-likeness (QED) is 0.868. The monoisotopic (exact) mass is 330 g/mol. The summed E-state index contributed by atoms with van der Waals surface area (Å²) in [4.78, 5) is 29.0. The minimum Gasteiger partial charge on any atom is -0.340 e. The number of hydrogen-bond acceptors (Lipinski definition) is 5. The highest BCUT2D eigenvalue weighted by Gasteiger charge is 2.27. The fraction of sp³-hybridized carbons (Fsp3) is 0.529. The standard InChI is InChI=1S/C17H22N4OS/c1-10-8-14(19-11(2)18-10)17(22)21(4)9-13-6-5-7-15-16(13)20-12(3)23-15/h8,13H,5-7,9H2,1-4H3/t13-/m0/s1. The van der Waals surface area contributed by atoms with Crippen molar-refractivity contribution in [1.82, 2.24) is 19.9 Å². The lowest BCUT2D eigenvalue weighted by atomic mass is 9.90. The number of thiazole rings is 1. The van der Waals surface area contributed by atoms with Crippen molar-refractivity contribution >= 4 is 17.2 Å². The highest BCUT2D eigenvalue weighted by Crippen LogP contribution is 2.35. The second-order valence-corrected chi connectivity index (χ2v) is 7.55. The molecule has 6 heteroatoms. The Bertz CT molecular complexity index is 720. The number of aryl methyl sites for hydroxylation is 4. The molecule has 1 aliphatic carbocycles. The number of carbonyl (C=O) groups is 1. The Hall–Kier alpha value is -1.82. The molecular formula is C17H22N4OS. The fourth-order valence-electron chi connectivity index (χ4n) is 3.24. The predicted octanol–water partition coefficient (Wildman–Crippen LogP) is 3.05. The van der Waals surface area contributed by atoms with Crippen molar-refractivity contribution in [2.75, 3.05) is 13.6 Å². The highest BCUT2D eigenvalue weighted by molar-refractivity contribution is 7.11. The molecule has 0 saturated carbocycles. The van der Waals surface area contributed by atoms with Crippen LogP contribution in [0, 0.1) is 20.8 Å². The average molecular weight is 330 g/mol. The first-order chi connectivity index (χ1) is 10.9. The van der Waals surface area contributed by atoms with Crippen LogP contribution in [0.3, 0.4) is 0 Å². The number of hydrogen-bond donors (Lipinski definition) is 0. The molecule has 3 rings (SSSR count). The second kappa shape index (κ2) is 6.35. The van der Waals surface area contributed by atoms with Gasteiger partial charge in [0.15, 0.2) is 0 Å². The van der Waals surface area contributed by atoms with Gasteiger partial charge < -0.3 is 4.90 Å². The minimum atomic E-state index is -0.0438. The van der Waals surface area contributed by atoms with Gasteiger partial charge in [0.1, 0.15) is 11.5 Å². The van der Waals surface area contributed by atoms with Crippen LogP contribution in [0.4, 0.5) is 0 Å². The van der Waals surface area contributed by atoms with Crippen LogP contribution >= 0.6 is 11.3 Å². The molecule has 0 fully saturated rings. The first-order valence-electron chi connectivity index (χ1n) is 7.98. The summed E-state index contributed by atoms with van der Waals surface area (Å²) in [6.45, 7) is 6.45. The van der Waals surface area contributed by atoms with Gasteiger partial charge in [-0.15, -0.1) is 11.3 Å². The van der Waals surface area contributed by atoms with Crippen LogP contribution in [0.2, 0.25) is 0 Å². The summed E-state index contributed by atoms with van der Waals surface area (Å²) in [6, 6.07) is 1.76. The minimum absolute atomic E-state index is 0.0438. The van der Waals surface area contributed by atoms with Crippen molar-refractivity contribution in [2.24, 2.45) is 0 Å². The van der Waals surface area contributed by atoms with E-state index >= 15 is 0 Å². The molecule has 23 heavy (non-hydrogen) atoms. The molecule has 2 aromatic rings. The van der Waals surface area contributed by atoms with E-state index in [2.05, 4.69) is 16.9 Å². The van der Waals surface area contributed by atoms with Gasteiger partial charge in [-0.2, -0.15) is 0 Å². The van der Waals surface area contributed by atoms with Gasteiger partial charge in [-0.1, -0.05) is 0 Å². The SMILES string of the molecule is Cc1cc(C(=O)N(C)C[C@@H]2CCCc3sc(C)nc32)nc(C)n1. The number of carbonyl (C=O) groups excluding carboxylic acids is 1. The van der Waals surface area contributed by atoms with Gasteiger partial charge in [-0.3, -0.25) is 4.79 Å². The maximum absolute atomic E-state index is 12.7. The van der Waals surface area contributed by atoms with Crippen LogP contribution in [0.5, 0.6) is 0 Å². The van der Waals surface area contributed by atoms with Gasteiger partial charge >= 0.3 is 0 Å². The third-order valence-electron chi connectivity index (χ3n) is 4.20. The summed E-state index contributed by atoms with van der Waals surface area (Å²) >= 11 is 1.79. The molecule has 5 nitrogen and oxygen atoms in total. The first kappa shape index (κ1) is 16.1. The summed E-state index contributed by atoms with van der Waals surface area (Å²) in [5.41, 5.74) is 2.50. The largest absolute Gasteiger partial charge is 0.340 e. The molecule has 0 radical (unpaired) electrons. The van der Waals surface area contributed by atoms with E-state index in [1.807, 2.05) is 20.9 Å². The van der Waals surface area contributed by atoms with E-state index in [4.69, 9.17) is 4.98 Å². The number of nitrogens with zero attached hydrogens (tertiary/aromatic N) is 4. The Morgan fingerprint density at radius 1 is 1.30 bits per heavy atom. The van der Waals surface area contributed by atoms with Gasteiger partial charge in [0.05, 0.1) is 10.7 Å². The normalized spacial score (nSPS) is 17.0. The Balaban J connectivity index is 1.76. The van der Waals surface area contributed by atoms with E-state index in [-0.39, 0.29) is 5.91 Å². The number of amides is 1. The molecule has 2 aromatic heterocycles. The Labute approximate surface area is 140 Å². The lowest BCUT2D eigenvalue weighted by molar-refractivity contribution is 0.0776. The van der Waals surface area contributed by atoms with E-state index in [1.54, 1.807) is 22.3 Å². The Morgan fingerprint density at radius 3 is 2.83 bits per heavy atom. The van der Waals surface area contributed by atoms with Gasteiger partial charge in [0, 0.05) is 30.1 Å². The van der Waals surface area contributed by atoms with Gasteiger partial charge in [0.2, 0.25) is 0 Å². The van der Waals surface area contributed by atoms with Crippen LogP contribution in [0.1, 0.15) is 56.3 Å². The van der Waals surface area contributed by atoms with Crippen LogP contribution in [0.25, 0.3) is 0 Å². The molecule has 0 aliphatic heterocycles. The van der Waals surface area contributed by atoms with Crippen molar-refractivity contribution in [3.63, 3.8) is 0 Å².